The van der Waals surface area contributed by atoms with Crippen LogP contribution >= 0.6 is 0 Å². The number of fused-ring (bicyclic) bond motifs is 1. The molecule has 29 heavy (non-hydrogen) atoms. The van der Waals surface area contributed by atoms with Gasteiger partial charge in [-0.1, -0.05) is 12.1 Å². The Bertz CT molecular complexity index is 1110. The van der Waals surface area contributed by atoms with E-state index < -0.39 is 0 Å². The van der Waals surface area contributed by atoms with Gasteiger partial charge in [0.15, 0.2) is 11.5 Å². The molecule has 0 atom stereocenters. The van der Waals surface area contributed by atoms with E-state index in [1.165, 1.54) is 12.3 Å². The Hall–Kier alpha value is -3.87. The van der Waals surface area contributed by atoms with Crippen LogP contribution < -0.4 is 20.1 Å². The molecule has 2 N–H and O–H groups in total. The number of hydrogen-bond acceptors (Lipinski definition) is 5. The zero-order valence-corrected chi connectivity index (χ0v) is 16.0. The number of anilines is 2. The molecule has 1 aliphatic rings. The van der Waals surface area contributed by atoms with E-state index in [-0.39, 0.29) is 24.3 Å². The summed E-state index contributed by atoms with van der Waals surface area (Å²) in [6.45, 7) is 4.08. The molecule has 0 saturated heterocycles. The summed E-state index contributed by atoms with van der Waals surface area (Å²) in [7, 11) is 0. The summed E-state index contributed by atoms with van der Waals surface area (Å²) < 4.78 is 10.6. The number of benzene rings is 2. The molecule has 0 radical (unpaired) electrons. The van der Waals surface area contributed by atoms with Crippen molar-refractivity contribution in [1.82, 2.24) is 4.98 Å². The molecule has 0 fully saturated rings. The molecule has 7 nitrogen and oxygen atoms in total. The monoisotopic (exact) mass is 389 g/mol. The third-order valence-electron chi connectivity index (χ3n) is 4.74. The maximum absolute atomic E-state index is 12.6. The highest BCUT2D eigenvalue weighted by Gasteiger charge is 2.16. The quantitative estimate of drug-likeness (QED) is 0.706. The van der Waals surface area contributed by atoms with Crippen molar-refractivity contribution in [2.24, 2.45) is 0 Å². The van der Waals surface area contributed by atoms with Crippen molar-refractivity contribution in [1.29, 1.82) is 0 Å². The SMILES string of the molecule is Cc1cccc(NC(=O)c2cc(C(=O)Nc3ccc4c(c3)OCO4)ccn2)c1C. The van der Waals surface area contributed by atoms with E-state index in [0.717, 1.165) is 11.1 Å². The van der Waals surface area contributed by atoms with Crippen LogP contribution in [-0.2, 0) is 0 Å². The molecule has 0 spiro atoms. The number of rotatable bonds is 4. The number of aryl methyl sites for hydroxylation is 1. The van der Waals surface area contributed by atoms with Crippen LogP contribution in [0.4, 0.5) is 11.4 Å². The van der Waals surface area contributed by atoms with E-state index in [4.69, 9.17) is 9.47 Å². The molecule has 3 aromatic rings. The number of carbonyl (C=O) groups excluding carboxylic acids is 2. The third kappa shape index (κ3) is 3.89. The fourth-order valence-electron chi connectivity index (χ4n) is 2.95. The molecule has 1 aromatic heterocycles. The van der Waals surface area contributed by atoms with Gasteiger partial charge in [-0.3, -0.25) is 14.6 Å². The standard InChI is InChI=1S/C22H19N3O4/c1-13-4-3-5-17(14(13)2)25-22(27)18-10-15(8-9-23-18)21(26)24-16-6-7-19-20(11-16)29-12-28-19/h3-11H,12H2,1-2H3,(H,24,26)(H,25,27). The molecular formula is C22H19N3O4. The largest absolute Gasteiger partial charge is 0.454 e. The Labute approximate surface area is 167 Å². The number of pyridine rings is 1. The van der Waals surface area contributed by atoms with Crippen molar-refractivity contribution in [3.63, 3.8) is 0 Å². The Morgan fingerprint density at radius 2 is 1.76 bits per heavy atom. The molecule has 0 saturated carbocycles. The Kier molecular flexibility index (Phi) is 4.87. The van der Waals surface area contributed by atoms with Gasteiger partial charge < -0.3 is 20.1 Å². The van der Waals surface area contributed by atoms with Gasteiger partial charge in [-0.2, -0.15) is 0 Å². The first-order chi connectivity index (χ1) is 14.0. The van der Waals surface area contributed by atoms with Crippen molar-refractivity contribution in [3.05, 3.63) is 77.1 Å². The predicted molar refractivity (Wildman–Crippen MR) is 109 cm³/mol. The average molecular weight is 389 g/mol. The van der Waals surface area contributed by atoms with Crippen molar-refractivity contribution in [3.8, 4) is 11.5 Å². The summed E-state index contributed by atoms with van der Waals surface area (Å²) in [4.78, 5) is 29.3. The minimum absolute atomic E-state index is 0.157. The van der Waals surface area contributed by atoms with E-state index >= 15 is 0 Å². The first kappa shape index (κ1) is 18.5. The van der Waals surface area contributed by atoms with Crippen molar-refractivity contribution >= 4 is 23.2 Å². The Morgan fingerprint density at radius 3 is 2.62 bits per heavy atom. The van der Waals surface area contributed by atoms with Crippen LogP contribution in [0, 0.1) is 13.8 Å². The zero-order valence-electron chi connectivity index (χ0n) is 16.0. The fraction of sp³-hybridized carbons (Fsp3) is 0.136. The van der Waals surface area contributed by atoms with Crippen LogP contribution in [0.2, 0.25) is 0 Å². The number of hydrogen-bond donors (Lipinski definition) is 2. The zero-order chi connectivity index (χ0) is 20.4. The van der Waals surface area contributed by atoms with Crippen LogP contribution in [0.5, 0.6) is 11.5 Å². The smallest absolute Gasteiger partial charge is 0.274 e. The number of aromatic nitrogens is 1. The Morgan fingerprint density at radius 1 is 0.931 bits per heavy atom. The second-order valence-corrected chi connectivity index (χ2v) is 6.65. The van der Waals surface area contributed by atoms with Gasteiger partial charge in [0.1, 0.15) is 5.69 Å². The van der Waals surface area contributed by atoms with Gasteiger partial charge in [-0.15, -0.1) is 0 Å². The minimum atomic E-state index is -0.378. The summed E-state index contributed by atoms with van der Waals surface area (Å²) in [6.07, 6.45) is 1.44. The predicted octanol–water partition coefficient (Wildman–Crippen LogP) is 3.93. The Balaban J connectivity index is 1.49. The van der Waals surface area contributed by atoms with Crippen LogP contribution in [0.3, 0.4) is 0 Å². The molecule has 0 aliphatic carbocycles. The van der Waals surface area contributed by atoms with Crippen molar-refractivity contribution in [2.75, 3.05) is 17.4 Å². The molecule has 2 heterocycles. The van der Waals surface area contributed by atoms with Crippen LogP contribution in [0.15, 0.2) is 54.7 Å². The lowest BCUT2D eigenvalue weighted by molar-refractivity contribution is 0.102. The highest BCUT2D eigenvalue weighted by molar-refractivity contribution is 6.08. The van der Waals surface area contributed by atoms with Gasteiger partial charge in [0.05, 0.1) is 0 Å². The van der Waals surface area contributed by atoms with Crippen LogP contribution in [0.1, 0.15) is 32.0 Å². The van der Waals surface area contributed by atoms with Crippen molar-refractivity contribution < 1.29 is 19.1 Å². The van der Waals surface area contributed by atoms with Gasteiger partial charge in [-0.25, -0.2) is 0 Å². The summed E-state index contributed by atoms with van der Waals surface area (Å²) in [5.74, 6) is 0.479. The molecule has 0 unspecified atom stereocenters. The number of nitrogens with zero attached hydrogens (tertiary/aromatic N) is 1. The van der Waals surface area contributed by atoms with Crippen LogP contribution in [0.25, 0.3) is 0 Å². The van der Waals surface area contributed by atoms with Crippen LogP contribution in [-0.4, -0.2) is 23.6 Å². The fourth-order valence-corrected chi connectivity index (χ4v) is 2.95. The number of nitrogens with one attached hydrogen (secondary N) is 2. The summed E-state index contributed by atoms with van der Waals surface area (Å²) >= 11 is 0. The number of ether oxygens (including phenoxy) is 2. The van der Waals surface area contributed by atoms with E-state index in [1.807, 2.05) is 32.0 Å². The van der Waals surface area contributed by atoms with Gasteiger partial charge in [0.25, 0.3) is 11.8 Å². The highest BCUT2D eigenvalue weighted by atomic mass is 16.7. The lowest BCUT2D eigenvalue weighted by atomic mass is 10.1. The van der Waals surface area contributed by atoms with Gasteiger partial charge in [0.2, 0.25) is 6.79 Å². The first-order valence-electron chi connectivity index (χ1n) is 9.06. The lowest BCUT2D eigenvalue weighted by Gasteiger charge is -2.11. The topological polar surface area (TPSA) is 89.6 Å². The molecule has 2 amide bonds. The second kappa shape index (κ2) is 7.63. The van der Waals surface area contributed by atoms with E-state index in [1.54, 1.807) is 24.3 Å². The number of carbonyl (C=O) groups is 2. The average Bonchev–Trinajstić information content (AvgIpc) is 3.19. The summed E-state index contributed by atoms with van der Waals surface area (Å²) in [6, 6.07) is 13.8. The lowest BCUT2D eigenvalue weighted by Crippen LogP contribution is -2.17. The van der Waals surface area contributed by atoms with Gasteiger partial charge in [-0.05, 0) is 55.3 Å². The summed E-state index contributed by atoms with van der Waals surface area (Å²) in [5, 5.41) is 5.63. The highest BCUT2D eigenvalue weighted by Crippen LogP contribution is 2.34. The van der Waals surface area contributed by atoms with Gasteiger partial charge >= 0.3 is 0 Å². The molecule has 2 aromatic carbocycles. The van der Waals surface area contributed by atoms with E-state index in [9.17, 15) is 9.59 Å². The van der Waals surface area contributed by atoms with E-state index in [0.29, 0.717) is 28.4 Å². The van der Waals surface area contributed by atoms with Gasteiger partial charge in [0, 0.05) is 29.2 Å². The molecule has 146 valence electrons. The number of amides is 2. The second-order valence-electron chi connectivity index (χ2n) is 6.65. The summed E-state index contributed by atoms with van der Waals surface area (Å²) in [5.41, 5.74) is 3.82. The van der Waals surface area contributed by atoms with Crippen molar-refractivity contribution in [2.45, 2.75) is 13.8 Å². The molecule has 4 rings (SSSR count). The van der Waals surface area contributed by atoms with E-state index in [2.05, 4.69) is 15.6 Å². The maximum Gasteiger partial charge on any atom is 0.274 e. The maximum atomic E-state index is 12.6. The molecular weight excluding hydrogens is 370 g/mol. The minimum Gasteiger partial charge on any atom is -0.454 e. The molecule has 1 aliphatic heterocycles. The molecule has 0 bridgehead atoms. The normalized spacial score (nSPS) is 11.8. The first-order valence-corrected chi connectivity index (χ1v) is 9.06. The third-order valence-corrected chi connectivity index (χ3v) is 4.74. The molecule has 7 heteroatoms.